The third-order valence-electron chi connectivity index (χ3n) is 2.19. The molecule has 1 aromatic carbocycles. The van der Waals surface area contributed by atoms with Crippen molar-refractivity contribution in [2.45, 2.75) is 32.7 Å². The summed E-state index contributed by atoms with van der Waals surface area (Å²) in [5.74, 6) is 0. The maximum absolute atomic E-state index is 10.5. The second-order valence-corrected chi connectivity index (χ2v) is 3.64. The van der Waals surface area contributed by atoms with Crippen molar-refractivity contribution in [3.8, 4) is 0 Å². The molecule has 1 aromatic rings. The largest absolute Gasteiger partial charge is 0.382 e. The van der Waals surface area contributed by atoms with Gasteiger partial charge in [0.25, 0.3) is 5.69 Å². The van der Waals surface area contributed by atoms with Crippen LogP contribution in [-0.2, 0) is 0 Å². The van der Waals surface area contributed by atoms with Gasteiger partial charge in [0.1, 0.15) is 0 Å². The van der Waals surface area contributed by atoms with Crippen molar-refractivity contribution in [3.63, 3.8) is 0 Å². The van der Waals surface area contributed by atoms with Crippen LogP contribution in [0, 0.1) is 10.1 Å². The Labute approximate surface area is 89.5 Å². The van der Waals surface area contributed by atoms with Gasteiger partial charge in [-0.25, -0.2) is 0 Å². The van der Waals surface area contributed by atoms with Gasteiger partial charge in [0.2, 0.25) is 0 Å². The van der Waals surface area contributed by atoms with Crippen molar-refractivity contribution in [1.82, 2.24) is 0 Å². The Morgan fingerprint density at radius 3 is 2.87 bits per heavy atom. The highest BCUT2D eigenvalue weighted by Gasteiger charge is 2.06. The molecule has 1 atom stereocenters. The van der Waals surface area contributed by atoms with Crippen LogP contribution in [0.25, 0.3) is 0 Å². The van der Waals surface area contributed by atoms with Gasteiger partial charge in [0.05, 0.1) is 4.92 Å². The van der Waals surface area contributed by atoms with E-state index in [2.05, 4.69) is 19.2 Å². The molecule has 4 heteroatoms. The lowest BCUT2D eigenvalue weighted by atomic mass is 10.2. The van der Waals surface area contributed by atoms with Gasteiger partial charge in [-0.1, -0.05) is 19.4 Å². The molecule has 1 rings (SSSR count). The summed E-state index contributed by atoms with van der Waals surface area (Å²) in [5, 5.41) is 13.8. The van der Waals surface area contributed by atoms with Crippen LogP contribution < -0.4 is 5.32 Å². The summed E-state index contributed by atoms with van der Waals surface area (Å²) in [6, 6.07) is 6.94. The number of hydrogen-bond acceptors (Lipinski definition) is 3. The lowest BCUT2D eigenvalue weighted by Crippen LogP contribution is -2.14. The molecule has 0 aliphatic rings. The van der Waals surface area contributed by atoms with Crippen LogP contribution in [0.15, 0.2) is 24.3 Å². The summed E-state index contributed by atoms with van der Waals surface area (Å²) >= 11 is 0. The SMILES string of the molecule is CCCC(C)Nc1cccc([N+](=O)[O-])c1. The van der Waals surface area contributed by atoms with E-state index in [1.807, 2.05) is 6.07 Å². The summed E-state index contributed by atoms with van der Waals surface area (Å²) in [7, 11) is 0. The fourth-order valence-electron chi connectivity index (χ4n) is 1.50. The predicted molar refractivity (Wildman–Crippen MR) is 61.1 cm³/mol. The van der Waals surface area contributed by atoms with Crippen LogP contribution in [-0.4, -0.2) is 11.0 Å². The summed E-state index contributed by atoms with van der Waals surface area (Å²) < 4.78 is 0. The Balaban J connectivity index is 2.69. The third-order valence-corrected chi connectivity index (χ3v) is 2.19. The maximum atomic E-state index is 10.5. The monoisotopic (exact) mass is 208 g/mol. The molecular weight excluding hydrogens is 192 g/mol. The van der Waals surface area contributed by atoms with Crippen molar-refractivity contribution in [1.29, 1.82) is 0 Å². The first kappa shape index (κ1) is 11.5. The van der Waals surface area contributed by atoms with E-state index in [1.165, 1.54) is 6.07 Å². The van der Waals surface area contributed by atoms with Gasteiger partial charge < -0.3 is 5.32 Å². The zero-order chi connectivity index (χ0) is 11.3. The molecule has 0 aliphatic carbocycles. The number of nitrogens with zero attached hydrogens (tertiary/aromatic N) is 1. The Hall–Kier alpha value is -1.58. The molecule has 4 nitrogen and oxygen atoms in total. The van der Waals surface area contributed by atoms with Gasteiger partial charge in [0.15, 0.2) is 0 Å². The average molecular weight is 208 g/mol. The van der Waals surface area contributed by atoms with Gasteiger partial charge in [-0.15, -0.1) is 0 Å². The lowest BCUT2D eigenvalue weighted by molar-refractivity contribution is -0.384. The zero-order valence-corrected chi connectivity index (χ0v) is 9.06. The minimum atomic E-state index is -0.379. The van der Waals surface area contributed by atoms with Gasteiger partial charge >= 0.3 is 0 Å². The normalized spacial score (nSPS) is 12.1. The number of rotatable bonds is 5. The summed E-state index contributed by atoms with van der Waals surface area (Å²) in [4.78, 5) is 10.2. The maximum Gasteiger partial charge on any atom is 0.271 e. The molecule has 0 aromatic heterocycles. The van der Waals surface area contributed by atoms with E-state index >= 15 is 0 Å². The van der Waals surface area contributed by atoms with E-state index in [0.717, 1.165) is 18.5 Å². The Kier molecular flexibility index (Phi) is 4.09. The van der Waals surface area contributed by atoms with Gasteiger partial charge in [-0.2, -0.15) is 0 Å². The lowest BCUT2D eigenvalue weighted by Gasteiger charge is -2.13. The van der Waals surface area contributed by atoms with Crippen molar-refractivity contribution >= 4 is 11.4 Å². The van der Waals surface area contributed by atoms with E-state index in [-0.39, 0.29) is 10.6 Å². The van der Waals surface area contributed by atoms with Crippen LogP contribution in [0.5, 0.6) is 0 Å². The van der Waals surface area contributed by atoms with Gasteiger partial charge in [-0.3, -0.25) is 10.1 Å². The molecule has 0 bridgehead atoms. The summed E-state index contributed by atoms with van der Waals surface area (Å²) in [6.45, 7) is 4.19. The topological polar surface area (TPSA) is 55.2 Å². The molecule has 0 fully saturated rings. The second-order valence-electron chi connectivity index (χ2n) is 3.64. The molecule has 1 unspecified atom stereocenters. The fourth-order valence-corrected chi connectivity index (χ4v) is 1.50. The number of benzene rings is 1. The van der Waals surface area contributed by atoms with Crippen LogP contribution in [0.4, 0.5) is 11.4 Å². The highest BCUT2D eigenvalue weighted by atomic mass is 16.6. The number of nitro benzene ring substituents is 1. The number of hydrogen-bond donors (Lipinski definition) is 1. The minimum absolute atomic E-state index is 0.128. The first-order valence-corrected chi connectivity index (χ1v) is 5.14. The van der Waals surface area contributed by atoms with E-state index in [9.17, 15) is 10.1 Å². The molecule has 0 radical (unpaired) electrons. The van der Waals surface area contributed by atoms with Crippen LogP contribution in [0.3, 0.4) is 0 Å². The number of nitro groups is 1. The van der Waals surface area contributed by atoms with E-state index in [1.54, 1.807) is 12.1 Å². The Bertz CT molecular complexity index is 339. The highest BCUT2D eigenvalue weighted by Crippen LogP contribution is 2.18. The molecule has 0 amide bonds. The zero-order valence-electron chi connectivity index (χ0n) is 9.06. The number of anilines is 1. The second kappa shape index (κ2) is 5.34. The molecule has 0 spiro atoms. The molecule has 0 saturated heterocycles. The van der Waals surface area contributed by atoms with Crippen LogP contribution in [0.1, 0.15) is 26.7 Å². The fraction of sp³-hybridized carbons (Fsp3) is 0.455. The Morgan fingerprint density at radius 1 is 1.53 bits per heavy atom. The smallest absolute Gasteiger partial charge is 0.271 e. The third kappa shape index (κ3) is 3.58. The number of nitrogens with one attached hydrogen (secondary N) is 1. The molecule has 15 heavy (non-hydrogen) atoms. The quantitative estimate of drug-likeness (QED) is 0.597. The van der Waals surface area contributed by atoms with E-state index in [4.69, 9.17) is 0 Å². The summed E-state index contributed by atoms with van der Waals surface area (Å²) in [6.07, 6.45) is 2.16. The molecule has 0 aliphatic heterocycles. The average Bonchev–Trinajstić information content (AvgIpc) is 2.18. The van der Waals surface area contributed by atoms with Gasteiger partial charge in [0, 0.05) is 23.9 Å². The van der Waals surface area contributed by atoms with Crippen LogP contribution in [0.2, 0.25) is 0 Å². The first-order valence-electron chi connectivity index (χ1n) is 5.14. The summed E-state index contributed by atoms with van der Waals surface area (Å²) in [5.41, 5.74) is 0.939. The molecule has 0 saturated carbocycles. The van der Waals surface area contributed by atoms with E-state index in [0.29, 0.717) is 6.04 Å². The highest BCUT2D eigenvalue weighted by molar-refractivity contribution is 5.51. The molecule has 0 heterocycles. The molecule has 1 N–H and O–H groups in total. The Morgan fingerprint density at radius 2 is 2.27 bits per heavy atom. The van der Waals surface area contributed by atoms with Crippen molar-refractivity contribution in [2.75, 3.05) is 5.32 Å². The van der Waals surface area contributed by atoms with Crippen LogP contribution >= 0.6 is 0 Å². The first-order chi connectivity index (χ1) is 7.13. The minimum Gasteiger partial charge on any atom is -0.382 e. The standard InChI is InChI=1S/C11H16N2O2/c1-3-5-9(2)12-10-6-4-7-11(8-10)13(14)15/h4,6-9,12H,3,5H2,1-2H3. The van der Waals surface area contributed by atoms with Crippen molar-refractivity contribution < 1.29 is 4.92 Å². The van der Waals surface area contributed by atoms with Crippen molar-refractivity contribution in [3.05, 3.63) is 34.4 Å². The number of non-ortho nitro benzene ring substituents is 1. The molecule has 82 valence electrons. The van der Waals surface area contributed by atoms with Gasteiger partial charge in [-0.05, 0) is 19.4 Å². The van der Waals surface area contributed by atoms with E-state index < -0.39 is 0 Å². The molecular formula is C11H16N2O2. The van der Waals surface area contributed by atoms with Crippen molar-refractivity contribution in [2.24, 2.45) is 0 Å². The predicted octanol–water partition coefficient (Wildman–Crippen LogP) is 3.20.